The number of rotatable bonds is 5. The largest absolute Gasteiger partial charge is 0.487 e. The molecule has 3 aromatic rings. The minimum atomic E-state index is 0.0287. The predicted molar refractivity (Wildman–Crippen MR) is 113 cm³/mol. The summed E-state index contributed by atoms with van der Waals surface area (Å²) < 4.78 is 7.93. The van der Waals surface area contributed by atoms with Crippen molar-refractivity contribution in [2.75, 3.05) is 13.1 Å². The van der Waals surface area contributed by atoms with Crippen molar-refractivity contribution in [1.82, 2.24) is 14.3 Å². The highest BCUT2D eigenvalue weighted by Crippen LogP contribution is 2.25. The van der Waals surface area contributed by atoms with E-state index in [2.05, 4.69) is 18.8 Å². The number of hydrogen-bond donors (Lipinski definition) is 1. The van der Waals surface area contributed by atoms with Gasteiger partial charge in [0.2, 0.25) is 0 Å². The van der Waals surface area contributed by atoms with E-state index in [0.29, 0.717) is 30.4 Å². The number of benzene rings is 1. The third-order valence-corrected chi connectivity index (χ3v) is 5.63. The van der Waals surface area contributed by atoms with Crippen molar-refractivity contribution < 1.29 is 9.53 Å². The molecule has 1 fully saturated rings. The lowest BCUT2D eigenvalue weighted by molar-refractivity contribution is 0.0573. The van der Waals surface area contributed by atoms with Gasteiger partial charge < -0.3 is 19.8 Å². The maximum Gasteiger partial charge on any atom is 0.254 e. The normalized spacial score (nSPS) is 19.5. The second kappa shape index (κ2) is 8.25. The van der Waals surface area contributed by atoms with E-state index in [1.54, 1.807) is 0 Å². The number of amides is 1. The minimum absolute atomic E-state index is 0.0287. The predicted octanol–water partition coefficient (Wildman–Crippen LogP) is 3.42. The van der Waals surface area contributed by atoms with Crippen LogP contribution in [0.25, 0.3) is 5.65 Å². The average molecular weight is 393 g/mol. The smallest absolute Gasteiger partial charge is 0.254 e. The number of hydrogen-bond acceptors (Lipinski definition) is 4. The van der Waals surface area contributed by atoms with Crippen LogP contribution in [-0.4, -0.2) is 39.3 Å². The fourth-order valence-corrected chi connectivity index (χ4v) is 4.01. The SMILES string of the molecule is Cc1ccc2nc(COc3cccc(C(=O)N4CCC(C)CC4CN)c3)cn2c1. The third-order valence-electron chi connectivity index (χ3n) is 5.63. The highest BCUT2D eigenvalue weighted by molar-refractivity contribution is 5.95. The Hall–Kier alpha value is -2.86. The van der Waals surface area contributed by atoms with Gasteiger partial charge >= 0.3 is 0 Å². The van der Waals surface area contributed by atoms with E-state index in [4.69, 9.17) is 10.5 Å². The Morgan fingerprint density at radius 2 is 2.14 bits per heavy atom. The number of fused-ring (bicyclic) bond motifs is 1. The number of piperidine rings is 1. The molecular weight excluding hydrogens is 364 g/mol. The summed E-state index contributed by atoms with van der Waals surface area (Å²) in [5, 5.41) is 0. The first-order valence-electron chi connectivity index (χ1n) is 10.2. The summed E-state index contributed by atoms with van der Waals surface area (Å²) in [6.07, 6.45) is 5.99. The van der Waals surface area contributed by atoms with Crippen LogP contribution in [0.2, 0.25) is 0 Å². The van der Waals surface area contributed by atoms with Crippen LogP contribution in [0.1, 0.15) is 41.4 Å². The summed E-state index contributed by atoms with van der Waals surface area (Å²) in [7, 11) is 0. The summed E-state index contributed by atoms with van der Waals surface area (Å²) >= 11 is 0. The van der Waals surface area contributed by atoms with Crippen LogP contribution >= 0.6 is 0 Å². The molecule has 1 aliphatic rings. The molecule has 152 valence electrons. The van der Waals surface area contributed by atoms with Crippen LogP contribution in [0.5, 0.6) is 5.75 Å². The highest BCUT2D eigenvalue weighted by atomic mass is 16.5. The van der Waals surface area contributed by atoms with Gasteiger partial charge in [0.25, 0.3) is 5.91 Å². The van der Waals surface area contributed by atoms with E-state index < -0.39 is 0 Å². The highest BCUT2D eigenvalue weighted by Gasteiger charge is 2.29. The van der Waals surface area contributed by atoms with Crippen LogP contribution in [0.3, 0.4) is 0 Å². The molecule has 0 spiro atoms. The molecule has 3 heterocycles. The monoisotopic (exact) mass is 392 g/mol. The van der Waals surface area contributed by atoms with E-state index in [9.17, 15) is 4.79 Å². The molecule has 2 aromatic heterocycles. The zero-order valence-electron chi connectivity index (χ0n) is 17.0. The van der Waals surface area contributed by atoms with Crippen LogP contribution < -0.4 is 10.5 Å². The lowest BCUT2D eigenvalue weighted by atomic mass is 9.92. The first kappa shape index (κ1) is 19.5. The van der Waals surface area contributed by atoms with Crippen LogP contribution in [0.15, 0.2) is 48.8 Å². The summed E-state index contributed by atoms with van der Waals surface area (Å²) in [5.41, 5.74) is 9.49. The van der Waals surface area contributed by atoms with Crippen molar-refractivity contribution >= 4 is 11.6 Å². The minimum Gasteiger partial charge on any atom is -0.487 e. The molecule has 0 radical (unpaired) electrons. The average Bonchev–Trinajstić information content (AvgIpc) is 3.14. The molecule has 2 N–H and O–H groups in total. The van der Waals surface area contributed by atoms with Gasteiger partial charge in [0.05, 0.1) is 5.69 Å². The first-order valence-corrected chi connectivity index (χ1v) is 10.2. The van der Waals surface area contributed by atoms with Crippen molar-refractivity contribution in [3.8, 4) is 5.75 Å². The van der Waals surface area contributed by atoms with Gasteiger partial charge in [0.15, 0.2) is 0 Å². The van der Waals surface area contributed by atoms with E-state index in [1.807, 2.05) is 58.1 Å². The molecule has 0 saturated carbocycles. The number of aryl methyl sites for hydroxylation is 1. The number of carbonyl (C=O) groups is 1. The second-order valence-corrected chi connectivity index (χ2v) is 8.04. The number of nitrogens with two attached hydrogens (primary N) is 1. The summed E-state index contributed by atoms with van der Waals surface area (Å²) in [6, 6.07) is 11.5. The van der Waals surface area contributed by atoms with Gasteiger partial charge in [-0.05, 0) is 55.5 Å². The van der Waals surface area contributed by atoms with E-state index in [1.165, 1.54) is 5.56 Å². The number of carbonyl (C=O) groups excluding carboxylic acids is 1. The first-order chi connectivity index (χ1) is 14.0. The van der Waals surface area contributed by atoms with Crippen molar-refractivity contribution in [2.45, 2.75) is 39.3 Å². The molecular formula is C23H28N4O2. The van der Waals surface area contributed by atoms with Gasteiger partial charge in [-0.15, -0.1) is 0 Å². The molecule has 1 aliphatic heterocycles. The molecule has 0 bridgehead atoms. The Morgan fingerprint density at radius 3 is 2.97 bits per heavy atom. The van der Waals surface area contributed by atoms with E-state index in [-0.39, 0.29) is 11.9 Å². The maximum absolute atomic E-state index is 13.1. The molecule has 29 heavy (non-hydrogen) atoms. The standard InChI is InChI=1S/C23H28N4O2/c1-16-8-9-27(20(10-16)12-24)23(28)18-4-3-5-21(11-18)29-15-19-14-26-13-17(2)6-7-22(26)25-19/h3-7,11,13-14,16,20H,8-10,12,15,24H2,1-2H3. The summed E-state index contributed by atoms with van der Waals surface area (Å²) in [5.74, 6) is 1.30. The maximum atomic E-state index is 13.1. The van der Waals surface area contributed by atoms with Crippen molar-refractivity contribution in [1.29, 1.82) is 0 Å². The molecule has 2 atom stereocenters. The molecule has 4 rings (SSSR count). The second-order valence-electron chi connectivity index (χ2n) is 8.04. The topological polar surface area (TPSA) is 72.9 Å². The van der Waals surface area contributed by atoms with E-state index in [0.717, 1.165) is 30.7 Å². The third kappa shape index (κ3) is 4.27. The van der Waals surface area contributed by atoms with Gasteiger partial charge in [0.1, 0.15) is 18.0 Å². The van der Waals surface area contributed by atoms with E-state index >= 15 is 0 Å². The van der Waals surface area contributed by atoms with Crippen LogP contribution in [0, 0.1) is 12.8 Å². The summed E-state index contributed by atoms with van der Waals surface area (Å²) in [6.45, 7) is 5.88. The summed E-state index contributed by atoms with van der Waals surface area (Å²) in [4.78, 5) is 19.5. The van der Waals surface area contributed by atoms with Gasteiger partial charge in [-0.3, -0.25) is 4.79 Å². The van der Waals surface area contributed by atoms with Gasteiger partial charge in [-0.25, -0.2) is 4.98 Å². The Labute approximate surface area is 171 Å². The number of likely N-dealkylation sites (tertiary alicyclic amines) is 1. The number of pyridine rings is 1. The van der Waals surface area contributed by atoms with Crippen LogP contribution in [0.4, 0.5) is 0 Å². The molecule has 1 aromatic carbocycles. The fraction of sp³-hybridized carbons (Fsp3) is 0.391. The Morgan fingerprint density at radius 1 is 1.28 bits per heavy atom. The molecule has 1 saturated heterocycles. The number of nitrogens with zero attached hydrogens (tertiary/aromatic N) is 3. The van der Waals surface area contributed by atoms with Gasteiger partial charge in [-0.2, -0.15) is 0 Å². The molecule has 2 unspecified atom stereocenters. The van der Waals surface area contributed by atoms with Gasteiger partial charge in [-0.1, -0.05) is 19.1 Å². The van der Waals surface area contributed by atoms with Crippen molar-refractivity contribution in [3.63, 3.8) is 0 Å². The molecule has 6 nitrogen and oxygen atoms in total. The number of aromatic nitrogens is 2. The Bertz CT molecular complexity index is 1010. The lowest BCUT2D eigenvalue weighted by Crippen LogP contribution is -2.49. The quantitative estimate of drug-likeness (QED) is 0.722. The Kier molecular flexibility index (Phi) is 5.53. The lowest BCUT2D eigenvalue weighted by Gasteiger charge is -2.38. The van der Waals surface area contributed by atoms with Crippen molar-refractivity contribution in [2.24, 2.45) is 11.7 Å². The molecule has 6 heteroatoms. The molecule has 1 amide bonds. The van der Waals surface area contributed by atoms with Crippen molar-refractivity contribution in [3.05, 3.63) is 65.6 Å². The Balaban J connectivity index is 1.45. The van der Waals surface area contributed by atoms with Gasteiger partial charge in [0, 0.05) is 37.1 Å². The molecule has 0 aliphatic carbocycles. The number of ether oxygens (including phenoxy) is 1. The van der Waals surface area contributed by atoms with Crippen LogP contribution in [-0.2, 0) is 6.61 Å². The fourth-order valence-electron chi connectivity index (χ4n) is 4.01. The number of imidazole rings is 1. The zero-order valence-corrected chi connectivity index (χ0v) is 17.0. The zero-order chi connectivity index (χ0) is 20.4.